The summed E-state index contributed by atoms with van der Waals surface area (Å²) in [7, 11) is 3.00. The third kappa shape index (κ3) is 5.25. The van der Waals surface area contributed by atoms with Crippen LogP contribution in [0.3, 0.4) is 0 Å². The molecule has 0 amide bonds. The number of aryl methyl sites for hydroxylation is 1. The summed E-state index contributed by atoms with van der Waals surface area (Å²) < 4.78 is 23.0. The van der Waals surface area contributed by atoms with Crippen LogP contribution in [0.25, 0.3) is 6.08 Å². The Labute approximate surface area is 180 Å². The topological polar surface area (TPSA) is 79.9 Å². The molecule has 7 nitrogen and oxygen atoms in total. The Morgan fingerprint density at radius 3 is 2.52 bits per heavy atom. The lowest BCUT2D eigenvalue weighted by Crippen LogP contribution is -2.12. The Hall–Kier alpha value is -3.74. The van der Waals surface area contributed by atoms with Gasteiger partial charge in [-0.1, -0.05) is 0 Å². The number of benzene rings is 1. The molecule has 0 N–H and O–H groups in total. The summed E-state index contributed by atoms with van der Waals surface area (Å²) in [6.07, 6.45) is 4.65. The fourth-order valence-electron chi connectivity index (χ4n) is 3.23. The van der Waals surface area contributed by atoms with Gasteiger partial charge in [0.25, 0.3) is 0 Å². The molecule has 0 saturated heterocycles. The number of ketones is 1. The second-order valence-electron chi connectivity index (χ2n) is 6.93. The number of aromatic nitrogens is 1. The largest absolute Gasteiger partial charge is 0.493 e. The predicted octanol–water partition coefficient (Wildman–Crippen LogP) is 4.20. The van der Waals surface area contributed by atoms with Crippen molar-refractivity contribution in [1.82, 2.24) is 4.57 Å². The molecular formula is C24H25NO6. The highest BCUT2D eigenvalue weighted by atomic mass is 16.5. The summed E-state index contributed by atoms with van der Waals surface area (Å²) in [5.41, 5.74) is 3.31. The lowest BCUT2D eigenvalue weighted by molar-refractivity contribution is -0.136. The molecule has 0 aliphatic heterocycles. The van der Waals surface area contributed by atoms with Gasteiger partial charge in [0, 0.05) is 23.0 Å². The third-order valence-electron chi connectivity index (χ3n) is 4.96. The van der Waals surface area contributed by atoms with E-state index in [0.29, 0.717) is 23.6 Å². The van der Waals surface area contributed by atoms with Crippen LogP contribution in [0.4, 0.5) is 0 Å². The number of esters is 1. The van der Waals surface area contributed by atoms with Crippen LogP contribution in [0.1, 0.15) is 33.1 Å². The van der Waals surface area contributed by atoms with Gasteiger partial charge >= 0.3 is 5.97 Å². The Bertz CT molecular complexity index is 1090. The maximum atomic E-state index is 12.3. The normalized spacial score (nSPS) is 11.0. The van der Waals surface area contributed by atoms with E-state index in [1.807, 2.05) is 32.0 Å². The molecular weight excluding hydrogens is 398 g/mol. The van der Waals surface area contributed by atoms with E-state index < -0.39 is 5.97 Å². The van der Waals surface area contributed by atoms with Gasteiger partial charge in [0.2, 0.25) is 0 Å². The molecule has 3 rings (SSSR count). The standard InChI is InChI=1S/C24H25NO6/c1-16-12-18(17(2)25(16)14-20-6-5-11-30-20)8-10-24(27)31-15-21(26)19-7-9-22(28-3)23(13-19)29-4/h5-13H,14-15H2,1-4H3/b10-8+. The van der Waals surface area contributed by atoms with Crippen LogP contribution < -0.4 is 9.47 Å². The molecule has 0 spiro atoms. The zero-order chi connectivity index (χ0) is 22.4. The number of rotatable bonds is 9. The fourth-order valence-corrected chi connectivity index (χ4v) is 3.23. The summed E-state index contributed by atoms with van der Waals surface area (Å²) in [5, 5.41) is 0. The molecule has 0 atom stereocenters. The van der Waals surface area contributed by atoms with Gasteiger partial charge in [0.1, 0.15) is 5.76 Å². The van der Waals surface area contributed by atoms with Crippen molar-refractivity contribution in [3.63, 3.8) is 0 Å². The predicted molar refractivity (Wildman–Crippen MR) is 116 cm³/mol. The number of carbonyl (C=O) groups is 2. The number of hydrogen-bond donors (Lipinski definition) is 0. The molecule has 0 unspecified atom stereocenters. The summed E-state index contributed by atoms with van der Waals surface area (Å²) >= 11 is 0. The number of furan rings is 1. The molecule has 2 aromatic heterocycles. The first kappa shape index (κ1) is 22.0. The quantitative estimate of drug-likeness (QED) is 0.292. The highest BCUT2D eigenvalue weighted by Crippen LogP contribution is 2.27. The van der Waals surface area contributed by atoms with Crippen LogP contribution in [0.5, 0.6) is 11.5 Å². The highest BCUT2D eigenvalue weighted by Gasteiger charge is 2.13. The highest BCUT2D eigenvalue weighted by molar-refractivity contribution is 5.99. The zero-order valence-electron chi connectivity index (χ0n) is 18.0. The van der Waals surface area contributed by atoms with Crippen LogP contribution in [0.2, 0.25) is 0 Å². The van der Waals surface area contributed by atoms with Gasteiger partial charge < -0.3 is 23.2 Å². The van der Waals surface area contributed by atoms with Crippen molar-refractivity contribution in [2.24, 2.45) is 0 Å². The number of nitrogens with zero attached hydrogens (tertiary/aromatic N) is 1. The summed E-state index contributed by atoms with van der Waals surface area (Å²) in [6, 6.07) is 10.5. The first-order chi connectivity index (χ1) is 14.9. The Balaban J connectivity index is 1.60. The maximum Gasteiger partial charge on any atom is 0.331 e. The summed E-state index contributed by atoms with van der Waals surface area (Å²) in [5.74, 6) is 0.877. The van der Waals surface area contributed by atoms with E-state index in [-0.39, 0.29) is 12.4 Å². The van der Waals surface area contributed by atoms with Crippen molar-refractivity contribution in [2.75, 3.05) is 20.8 Å². The van der Waals surface area contributed by atoms with Crippen molar-refractivity contribution < 1.29 is 28.2 Å². The molecule has 2 heterocycles. The van der Waals surface area contributed by atoms with Crippen LogP contribution in [0.15, 0.2) is 53.2 Å². The molecule has 0 saturated carbocycles. The number of ether oxygens (including phenoxy) is 3. The van der Waals surface area contributed by atoms with Crippen LogP contribution in [0, 0.1) is 13.8 Å². The minimum absolute atomic E-state index is 0.334. The van der Waals surface area contributed by atoms with Gasteiger partial charge in [0.15, 0.2) is 23.9 Å². The molecule has 3 aromatic rings. The summed E-state index contributed by atoms with van der Waals surface area (Å²) in [4.78, 5) is 24.4. The monoisotopic (exact) mass is 423 g/mol. The second kappa shape index (κ2) is 9.84. The average molecular weight is 423 g/mol. The second-order valence-corrected chi connectivity index (χ2v) is 6.93. The Morgan fingerprint density at radius 2 is 1.84 bits per heavy atom. The van der Waals surface area contributed by atoms with Gasteiger partial charge in [-0.2, -0.15) is 0 Å². The molecule has 7 heteroatoms. The van der Waals surface area contributed by atoms with Gasteiger partial charge in [-0.15, -0.1) is 0 Å². The van der Waals surface area contributed by atoms with E-state index >= 15 is 0 Å². The number of hydrogen-bond acceptors (Lipinski definition) is 6. The maximum absolute atomic E-state index is 12.3. The van der Waals surface area contributed by atoms with Crippen molar-refractivity contribution >= 4 is 17.8 Å². The van der Waals surface area contributed by atoms with Gasteiger partial charge in [-0.25, -0.2) is 4.79 Å². The van der Waals surface area contributed by atoms with Gasteiger partial charge in [0.05, 0.1) is 27.0 Å². The van der Waals surface area contributed by atoms with Gasteiger partial charge in [-0.05, 0) is 61.9 Å². The molecule has 0 aliphatic rings. The molecule has 0 bridgehead atoms. The SMILES string of the molecule is COc1ccc(C(=O)COC(=O)/C=C/c2cc(C)n(Cc3ccco3)c2C)cc1OC. The molecule has 1 aromatic carbocycles. The first-order valence-corrected chi connectivity index (χ1v) is 9.72. The van der Waals surface area contributed by atoms with Gasteiger partial charge in [-0.3, -0.25) is 4.79 Å². The smallest absolute Gasteiger partial charge is 0.331 e. The van der Waals surface area contributed by atoms with E-state index in [2.05, 4.69) is 4.57 Å². The van der Waals surface area contributed by atoms with Crippen molar-refractivity contribution in [1.29, 1.82) is 0 Å². The van der Waals surface area contributed by atoms with Crippen molar-refractivity contribution in [2.45, 2.75) is 20.4 Å². The Kier molecular flexibility index (Phi) is 6.97. The first-order valence-electron chi connectivity index (χ1n) is 9.72. The average Bonchev–Trinajstić information content (AvgIpc) is 3.39. The number of carbonyl (C=O) groups excluding carboxylic acids is 2. The lowest BCUT2D eigenvalue weighted by atomic mass is 10.1. The lowest BCUT2D eigenvalue weighted by Gasteiger charge is -2.09. The van der Waals surface area contributed by atoms with E-state index in [1.165, 1.54) is 20.3 Å². The van der Waals surface area contributed by atoms with E-state index in [0.717, 1.165) is 22.7 Å². The molecule has 0 aliphatic carbocycles. The number of Topliss-reactive ketones (excluding diaryl/α,β-unsaturated/α-hetero) is 1. The van der Waals surface area contributed by atoms with Crippen molar-refractivity contribution in [3.8, 4) is 11.5 Å². The molecule has 0 fully saturated rings. The molecule has 162 valence electrons. The molecule has 0 radical (unpaired) electrons. The minimum atomic E-state index is -0.593. The number of methoxy groups -OCH3 is 2. The minimum Gasteiger partial charge on any atom is -0.493 e. The zero-order valence-corrected chi connectivity index (χ0v) is 18.0. The van der Waals surface area contributed by atoms with Crippen LogP contribution in [-0.4, -0.2) is 37.1 Å². The molecule has 31 heavy (non-hydrogen) atoms. The van der Waals surface area contributed by atoms with E-state index in [1.54, 1.807) is 30.5 Å². The summed E-state index contributed by atoms with van der Waals surface area (Å²) in [6.45, 7) is 4.22. The van der Waals surface area contributed by atoms with Crippen LogP contribution >= 0.6 is 0 Å². The van der Waals surface area contributed by atoms with Crippen LogP contribution in [-0.2, 0) is 16.1 Å². The van der Waals surface area contributed by atoms with Crippen molar-refractivity contribution in [3.05, 3.63) is 77.0 Å². The fraction of sp³-hybridized carbons (Fsp3) is 0.250. The van der Waals surface area contributed by atoms with E-state index in [4.69, 9.17) is 18.6 Å². The third-order valence-corrected chi connectivity index (χ3v) is 4.96. The van der Waals surface area contributed by atoms with E-state index in [9.17, 15) is 9.59 Å². The Morgan fingerprint density at radius 1 is 1.06 bits per heavy atom.